The van der Waals surface area contributed by atoms with Crippen molar-refractivity contribution in [1.82, 2.24) is 19.2 Å². The van der Waals surface area contributed by atoms with Gasteiger partial charge >= 0.3 is 15.9 Å². The minimum absolute atomic E-state index is 0.00265. The van der Waals surface area contributed by atoms with Gasteiger partial charge in [-0.3, -0.25) is 33.6 Å². The van der Waals surface area contributed by atoms with Crippen molar-refractivity contribution in [2.24, 2.45) is 18.9 Å². The highest BCUT2D eigenvalue weighted by Crippen LogP contribution is 2.39. The van der Waals surface area contributed by atoms with Gasteiger partial charge < -0.3 is 15.3 Å². The molecule has 1 aromatic heterocycles. The van der Waals surface area contributed by atoms with Crippen LogP contribution in [0.4, 0.5) is 21.5 Å². The topological polar surface area (TPSA) is 192 Å². The van der Waals surface area contributed by atoms with Crippen LogP contribution in [-0.4, -0.2) is 65.9 Å². The van der Waals surface area contributed by atoms with Gasteiger partial charge in [-0.15, -0.1) is 0 Å². The number of anilines is 3. The molecule has 1 unspecified atom stereocenters. The molecule has 4 heterocycles. The summed E-state index contributed by atoms with van der Waals surface area (Å²) >= 11 is 0. The summed E-state index contributed by atoms with van der Waals surface area (Å²) in [6, 6.07) is 10.4. The van der Waals surface area contributed by atoms with Crippen LogP contribution in [0.3, 0.4) is 0 Å². The minimum Gasteiger partial charge on any atom is -0.506 e. The third kappa shape index (κ3) is 5.70. The van der Waals surface area contributed by atoms with Crippen LogP contribution in [-0.2, 0) is 36.4 Å². The van der Waals surface area contributed by atoms with E-state index in [0.717, 1.165) is 12.1 Å². The van der Waals surface area contributed by atoms with Gasteiger partial charge in [-0.05, 0) is 72.5 Å². The summed E-state index contributed by atoms with van der Waals surface area (Å²) < 4.78 is 45.1. The van der Waals surface area contributed by atoms with E-state index in [-0.39, 0.29) is 59.4 Å². The monoisotopic (exact) mass is 707 g/mol. The molecule has 0 aliphatic carbocycles. The molecule has 0 spiro atoms. The smallest absolute Gasteiger partial charge is 0.329 e. The highest BCUT2D eigenvalue weighted by atomic mass is 32.2. The van der Waals surface area contributed by atoms with Gasteiger partial charge in [-0.1, -0.05) is 6.92 Å². The van der Waals surface area contributed by atoms with Crippen LogP contribution in [0.5, 0.6) is 5.75 Å². The zero-order chi connectivity index (χ0) is 35.6. The Morgan fingerprint density at radius 2 is 1.82 bits per heavy atom. The fourth-order valence-electron chi connectivity index (χ4n) is 7.26. The molecule has 0 bridgehead atoms. The number of rotatable bonds is 6. The average molecular weight is 708 g/mol. The number of phenols is 1. The number of imidazole rings is 1. The third-order valence-corrected chi connectivity index (χ3v) is 11.3. The number of phenolic OH excluding ortho intramolecular Hbond substituents is 1. The molecule has 3 fully saturated rings. The van der Waals surface area contributed by atoms with Crippen LogP contribution in [0.25, 0.3) is 21.8 Å². The molecule has 4 amide bonds. The normalized spacial score (nSPS) is 22.2. The Labute approximate surface area is 284 Å². The maximum atomic E-state index is 15.4. The molecule has 17 heteroatoms. The number of piperidine rings is 2. The number of carbonyl (C=O) groups is 4. The number of hydrogen-bond acceptors (Lipinski definition) is 9. The molecule has 7 rings (SSSR count). The van der Waals surface area contributed by atoms with Crippen molar-refractivity contribution >= 4 is 72.7 Å². The number of nitrogens with one attached hydrogen (secondary N) is 3. The van der Waals surface area contributed by atoms with Gasteiger partial charge in [0.15, 0.2) is 5.82 Å². The SMILES string of the molecule is C[C@@H]1CN(c2ccc3c(c2)n(C)c(=O)n3C2CCC(=O)NC2=O)CC[C@@H]1CC(=O)Nc1ccc2c(F)c(N3CC(=O)NS3(=O)=O)c(O)cc2c1. The second-order valence-corrected chi connectivity index (χ2v) is 14.7. The molecule has 3 aliphatic heterocycles. The number of imide groups is 1. The molecule has 3 atom stereocenters. The summed E-state index contributed by atoms with van der Waals surface area (Å²) in [5, 5.41) is 15.9. The van der Waals surface area contributed by atoms with Gasteiger partial charge in [0.25, 0.3) is 5.91 Å². The Hall–Kier alpha value is -5.45. The highest BCUT2D eigenvalue weighted by molar-refractivity contribution is 7.92. The molecule has 4 aromatic rings. The summed E-state index contributed by atoms with van der Waals surface area (Å²) in [5.41, 5.74) is 1.57. The molecular formula is C33H34FN7O8S. The number of benzene rings is 3. The fourth-order valence-corrected chi connectivity index (χ4v) is 8.42. The number of aryl methyl sites for hydroxylation is 1. The summed E-state index contributed by atoms with van der Waals surface area (Å²) in [7, 11) is -2.69. The van der Waals surface area contributed by atoms with E-state index in [9.17, 15) is 37.5 Å². The maximum absolute atomic E-state index is 15.4. The molecule has 3 aliphatic rings. The van der Waals surface area contributed by atoms with Crippen molar-refractivity contribution in [3.05, 3.63) is 58.8 Å². The van der Waals surface area contributed by atoms with E-state index in [0.29, 0.717) is 34.1 Å². The van der Waals surface area contributed by atoms with Crippen LogP contribution in [0.2, 0.25) is 0 Å². The second kappa shape index (κ2) is 12.2. The average Bonchev–Trinajstić information content (AvgIpc) is 3.46. The number of amides is 4. The van der Waals surface area contributed by atoms with E-state index in [2.05, 4.69) is 22.5 Å². The van der Waals surface area contributed by atoms with Gasteiger partial charge in [0.1, 0.15) is 24.0 Å². The van der Waals surface area contributed by atoms with E-state index < -0.39 is 51.9 Å². The Bertz CT molecular complexity index is 2300. The Morgan fingerprint density at radius 1 is 1.04 bits per heavy atom. The van der Waals surface area contributed by atoms with Crippen molar-refractivity contribution in [2.45, 2.75) is 38.6 Å². The van der Waals surface area contributed by atoms with Crippen LogP contribution in [0, 0.1) is 17.7 Å². The Kier molecular flexibility index (Phi) is 8.04. The largest absolute Gasteiger partial charge is 0.506 e. The van der Waals surface area contributed by atoms with Crippen molar-refractivity contribution in [3.63, 3.8) is 0 Å². The van der Waals surface area contributed by atoms with E-state index in [1.54, 1.807) is 11.8 Å². The summed E-state index contributed by atoms with van der Waals surface area (Å²) in [5.74, 6) is -3.43. The van der Waals surface area contributed by atoms with E-state index >= 15 is 4.39 Å². The predicted molar refractivity (Wildman–Crippen MR) is 181 cm³/mol. The van der Waals surface area contributed by atoms with Crippen molar-refractivity contribution in [1.29, 1.82) is 0 Å². The summed E-state index contributed by atoms with van der Waals surface area (Å²) in [6.07, 6.45) is 1.37. The van der Waals surface area contributed by atoms with E-state index in [1.165, 1.54) is 33.4 Å². The zero-order valence-electron chi connectivity index (χ0n) is 27.1. The molecule has 4 N–H and O–H groups in total. The maximum Gasteiger partial charge on any atom is 0.329 e. The molecule has 3 aromatic carbocycles. The zero-order valence-corrected chi connectivity index (χ0v) is 27.9. The number of hydrogen-bond donors (Lipinski definition) is 4. The van der Waals surface area contributed by atoms with E-state index in [4.69, 9.17) is 0 Å². The lowest BCUT2D eigenvalue weighted by molar-refractivity contribution is -0.135. The summed E-state index contributed by atoms with van der Waals surface area (Å²) in [6.45, 7) is 2.73. The van der Waals surface area contributed by atoms with Gasteiger partial charge in [-0.25, -0.2) is 18.2 Å². The van der Waals surface area contributed by atoms with Crippen LogP contribution < -0.4 is 30.3 Å². The second-order valence-electron chi connectivity index (χ2n) is 13.1. The molecule has 15 nitrogen and oxygen atoms in total. The molecule has 0 saturated carbocycles. The van der Waals surface area contributed by atoms with E-state index in [1.807, 2.05) is 18.2 Å². The first-order valence-electron chi connectivity index (χ1n) is 16.1. The van der Waals surface area contributed by atoms with Crippen molar-refractivity contribution in [2.75, 3.05) is 34.2 Å². The lowest BCUT2D eigenvalue weighted by Gasteiger charge is -2.38. The number of aromatic nitrogens is 2. The number of aromatic hydroxyl groups is 1. The van der Waals surface area contributed by atoms with Crippen molar-refractivity contribution in [3.8, 4) is 5.75 Å². The summed E-state index contributed by atoms with van der Waals surface area (Å²) in [4.78, 5) is 64.3. The van der Waals surface area contributed by atoms with Crippen LogP contribution in [0.1, 0.15) is 38.6 Å². The van der Waals surface area contributed by atoms with Gasteiger partial charge in [0.05, 0.1) is 11.0 Å². The number of halogens is 1. The molecule has 262 valence electrons. The van der Waals surface area contributed by atoms with Gasteiger partial charge in [0, 0.05) is 49.7 Å². The highest BCUT2D eigenvalue weighted by Gasteiger charge is 2.38. The lowest BCUT2D eigenvalue weighted by atomic mass is 9.84. The first kappa shape index (κ1) is 33.1. The number of nitrogens with zero attached hydrogens (tertiary/aromatic N) is 4. The minimum atomic E-state index is -4.34. The van der Waals surface area contributed by atoms with Crippen LogP contribution >= 0.6 is 0 Å². The van der Waals surface area contributed by atoms with Crippen LogP contribution in [0.15, 0.2) is 47.3 Å². The fraction of sp³-hybridized carbons (Fsp3) is 0.364. The molecule has 3 saturated heterocycles. The van der Waals surface area contributed by atoms with Gasteiger partial charge in [0.2, 0.25) is 17.7 Å². The number of carbonyl (C=O) groups excluding carboxylic acids is 4. The molecule has 0 radical (unpaired) electrons. The molecule has 50 heavy (non-hydrogen) atoms. The first-order chi connectivity index (χ1) is 23.7. The quantitative estimate of drug-likeness (QED) is 0.217. The standard InChI is InChI=1S/C33H34FN7O8S/c1-17-15-39(21-4-6-23-25(14-21)38(2)33(47)41(23)24-7-8-27(43)36-32(24)46)10-9-18(17)13-28(44)35-20-3-5-22-19(11-20)12-26(42)31(30(22)34)40-16-29(45)37-50(40,48)49/h3-6,11-12,14,17-18,24,42H,7-10,13,15-16H2,1-2H3,(H,35,44)(H,37,45)(H,36,43,46)/t17-,18-,24?/m1/s1. The van der Waals surface area contributed by atoms with Crippen molar-refractivity contribution < 1.29 is 37.1 Å². The predicted octanol–water partition coefficient (Wildman–Crippen LogP) is 1.99. The lowest BCUT2D eigenvalue weighted by Crippen LogP contribution is -2.44. The number of fused-ring (bicyclic) bond motifs is 2. The third-order valence-electron chi connectivity index (χ3n) is 9.87. The Morgan fingerprint density at radius 3 is 2.52 bits per heavy atom. The Balaban J connectivity index is 1.02. The molecular weight excluding hydrogens is 673 g/mol. The first-order valence-corrected chi connectivity index (χ1v) is 17.5. The van der Waals surface area contributed by atoms with Gasteiger partial charge in [-0.2, -0.15) is 8.42 Å².